The van der Waals surface area contributed by atoms with Crippen LogP contribution in [0.1, 0.15) is 22.3 Å². The van der Waals surface area contributed by atoms with Crippen LogP contribution in [0, 0.1) is 27.7 Å². The van der Waals surface area contributed by atoms with Crippen LogP contribution in [0.3, 0.4) is 0 Å². The van der Waals surface area contributed by atoms with E-state index in [4.69, 9.17) is 19.9 Å². The third kappa shape index (κ3) is 4.90. The highest BCUT2D eigenvalue weighted by Crippen LogP contribution is 2.40. The molecule has 254 valence electrons. The van der Waals surface area contributed by atoms with Gasteiger partial charge in [-0.3, -0.25) is 8.97 Å². The molecule has 0 radical (unpaired) electrons. The van der Waals surface area contributed by atoms with E-state index in [1.54, 1.807) is 0 Å². The molecular formula is C47H35N5O. The summed E-state index contributed by atoms with van der Waals surface area (Å²) in [5, 5.41) is 15.3. The molecule has 0 aliphatic carbocycles. The number of para-hydroxylation sites is 2. The number of aryl methyl sites for hydroxylation is 4. The third-order valence-electron chi connectivity index (χ3n) is 10.5. The quantitative estimate of drug-likeness (QED) is 0.169. The molecule has 6 aromatic carbocycles. The Morgan fingerprint density at radius 1 is 0.509 bits per heavy atom. The predicted molar refractivity (Wildman–Crippen MR) is 216 cm³/mol. The van der Waals surface area contributed by atoms with Gasteiger partial charge in [0.2, 0.25) is 0 Å². The maximum atomic E-state index is 6.77. The Balaban J connectivity index is 1.14. The number of rotatable bonds is 5. The van der Waals surface area contributed by atoms with Crippen molar-refractivity contribution in [2.75, 3.05) is 0 Å². The lowest BCUT2D eigenvalue weighted by molar-refractivity contribution is 0.484. The van der Waals surface area contributed by atoms with Crippen LogP contribution in [0.4, 0.5) is 0 Å². The van der Waals surface area contributed by atoms with E-state index in [-0.39, 0.29) is 0 Å². The summed E-state index contributed by atoms with van der Waals surface area (Å²) >= 11 is 0. The second kappa shape index (κ2) is 11.9. The summed E-state index contributed by atoms with van der Waals surface area (Å²) in [7, 11) is 0. The fourth-order valence-electron chi connectivity index (χ4n) is 8.36. The summed E-state index contributed by atoms with van der Waals surface area (Å²) < 4.78 is 11.2. The average Bonchev–Trinajstić information content (AvgIpc) is 3.75. The number of hydrogen-bond donors (Lipinski definition) is 0. The van der Waals surface area contributed by atoms with Crippen molar-refractivity contribution in [3.05, 3.63) is 162 Å². The summed E-state index contributed by atoms with van der Waals surface area (Å²) in [4.78, 5) is 4.87. The van der Waals surface area contributed by atoms with Crippen LogP contribution in [0.5, 0.6) is 11.5 Å². The van der Waals surface area contributed by atoms with Crippen molar-refractivity contribution in [1.82, 2.24) is 24.1 Å². The zero-order valence-electron chi connectivity index (χ0n) is 29.9. The van der Waals surface area contributed by atoms with Crippen LogP contribution in [0.15, 0.2) is 140 Å². The first-order chi connectivity index (χ1) is 25.9. The molecule has 6 nitrogen and oxygen atoms in total. The summed E-state index contributed by atoms with van der Waals surface area (Å²) in [5.74, 6) is 3.18. The molecule has 4 aromatic heterocycles. The van der Waals surface area contributed by atoms with Crippen LogP contribution >= 0.6 is 0 Å². The van der Waals surface area contributed by atoms with Gasteiger partial charge in [-0.05, 0) is 109 Å². The van der Waals surface area contributed by atoms with Gasteiger partial charge >= 0.3 is 0 Å². The van der Waals surface area contributed by atoms with E-state index in [9.17, 15) is 0 Å². The Morgan fingerprint density at radius 2 is 1.23 bits per heavy atom. The monoisotopic (exact) mass is 685 g/mol. The molecule has 0 N–H and O–H groups in total. The van der Waals surface area contributed by atoms with E-state index < -0.39 is 0 Å². The largest absolute Gasteiger partial charge is 0.457 e. The van der Waals surface area contributed by atoms with Crippen molar-refractivity contribution in [1.29, 1.82) is 0 Å². The smallest absolute Gasteiger partial charge is 0.169 e. The number of hydrogen-bond acceptors (Lipinski definition) is 4. The molecule has 0 spiro atoms. The molecule has 0 aliphatic rings. The molecule has 10 rings (SSSR count). The fourth-order valence-corrected chi connectivity index (χ4v) is 8.36. The van der Waals surface area contributed by atoms with E-state index in [0.29, 0.717) is 0 Å². The van der Waals surface area contributed by atoms with Crippen molar-refractivity contribution < 1.29 is 4.74 Å². The maximum Gasteiger partial charge on any atom is 0.169 e. The lowest BCUT2D eigenvalue weighted by Gasteiger charge is -2.15. The number of benzene rings is 6. The Labute approximate surface area is 306 Å². The Kier molecular flexibility index (Phi) is 6.95. The first kappa shape index (κ1) is 31.0. The van der Waals surface area contributed by atoms with Crippen LogP contribution in [0.2, 0.25) is 0 Å². The van der Waals surface area contributed by atoms with Gasteiger partial charge in [0.25, 0.3) is 0 Å². The first-order valence-electron chi connectivity index (χ1n) is 17.9. The highest BCUT2D eigenvalue weighted by atomic mass is 16.5. The van der Waals surface area contributed by atoms with E-state index >= 15 is 0 Å². The van der Waals surface area contributed by atoms with Gasteiger partial charge in [0.1, 0.15) is 17.3 Å². The number of pyridine rings is 2. The highest BCUT2D eigenvalue weighted by molar-refractivity contribution is 6.14. The third-order valence-corrected chi connectivity index (χ3v) is 10.5. The Hall–Kier alpha value is -6.79. The summed E-state index contributed by atoms with van der Waals surface area (Å²) in [5.41, 5.74) is 12.1. The van der Waals surface area contributed by atoms with Gasteiger partial charge in [0.15, 0.2) is 11.5 Å². The zero-order chi connectivity index (χ0) is 35.8. The van der Waals surface area contributed by atoms with Crippen molar-refractivity contribution in [3.63, 3.8) is 0 Å². The van der Waals surface area contributed by atoms with Crippen LogP contribution < -0.4 is 4.74 Å². The van der Waals surface area contributed by atoms with Crippen molar-refractivity contribution >= 4 is 49.1 Å². The highest BCUT2D eigenvalue weighted by Gasteiger charge is 2.21. The average molecular weight is 686 g/mol. The molecule has 0 atom stereocenters. The maximum absolute atomic E-state index is 6.77. The summed E-state index contributed by atoms with van der Waals surface area (Å²) in [6, 6.07) is 46.7. The van der Waals surface area contributed by atoms with E-state index in [1.807, 2.05) is 12.3 Å². The van der Waals surface area contributed by atoms with Crippen LogP contribution in [-0.4, -0.2) is 24.1 Å². The van der Waals surface area contributed by atoms with Gasteiger partial charge in [-0.25, -0.2) is 4.98 Å². The normalized spacial score (nSPS) is 11.8. The van der Waals surface area contributed by atoms with Gasteiger partial charge in [-0.2, -0.15) is 0 Å². The molecule has 0 amide bonds. The topological polar surface area (TPSA) is 57.2 Å². The molecule has 0 unspecified atom stereocenters. The second-order valence-electron chi connectivity index (χ2n) is 14.0. The number of fused-ring (bicyclic) bond motifs is 9. The number of nitrogens with zero attached hydrogens (tertiary/aromatic N) is 5. The second-order valence-corrected chi connectivity index (χ2v) is 14.0. The van der Waals surface area contributed by atoms with E-state index in [1.165, 1.54) is 22.1 Å². The standard InChI is InChI=1S/C47H35N5O/c1-28-22-29(2)44(30(3)23-28)47-50-49-46-39-26-35(24-31(4)45(39)38-15-9-11-17-41(38)52(46)47)53-34-18-19-37-36-14-8-10-16-40(36)51(42(37)27-34)43-25-33(20-21-48-43)32-12-6-5-7-13-32/h5-27H,1-4H3. The molecule has 0 bridgehead atoms. The molecule has 0 saturated heterocycles. The van der Waals surface area contributed by atoms with Crippen molar-refractivity contribution in [2.45, 2.75) is 27.7 Å². The SMILES string of the molecule is Cc1cc(C)c(-c2nnc3c4cc(Oc5ccc6c7ccccc7n(-c7cc(-c8ccccc8)ccn7)c6c5)cc(C)c4c4ccccc4n23)c(C)c1. The lowest BCUT2D eigenvalue weighted by Crippen LogP contribution is -1.99. The first-order valence-corrected chi connectivity index (χ1v) is 17.9. The van der Waals surface area contributed by atoms with Gasteiger partial charge in [0.05, 0.1) is 16.6 Å². The summed E-state index contributed by atoms with van der Waals surface area (Å²) in [6.07, 6.45) is 1.89. The minimum Gasteiger partial charge on any atom is -0.457 e. The van der Waals surface area contributed by atoms with Gasteiger partial charge in [0, 0.05) is 39.4 Å². The lowest BCUT2D eigenvalue weighted by atomic mass is 9.98. The summed E-state index contributed by atoms with van der Waals surface area (Å²) in [6.45, 7) is 8.59. The fraction of sp³-hybridized carbons (Fsp3) is 0.0851. The van der Waals surface area contributed by atoms with Crippen molar-refractivity contribution in [3.8, 4) is 39.8 Å². The van der Waals surface area contributed by atoms with Gasteiger partial charge in [-0.15, -0.1) is 10.2 Å². The predicted octanol–water partition coefficient (Wildman–Crippen LogP) is 11.9. The molecule has 0 aliphatic heterocycles. The molecule has 0 fully saturated rings. The molecule has 4 heterocycles. The van der Waals surface area contributed by atoms with Crippen LogP contribution in [-0.2, 0) is 0 Å². The molecule has 10 aromatic rings. The van der Waals surface area contributed by atoms with Crippen molar-refractivity contribution in [2.24, 2.45) is 0 Å². The van der Waals surface area contributed by atoms with Gasteiger partial charge < -0.3 is 4.74 Å². The van der Waals surface area contributed by atoms with E-state index in [2.05, 4.69) is 164 Å². The number of ether oxygens (including phenoxy) is 1. The van der Waals surface area contributed by atoms with Gasteiger partial charge in [-0.1, -0.05) is 84.4 Å². The van der Waals surface area contributed by atoms with Crippen LogP contribution in [0.25, 0.3) is 77.5 Å². The Bertz CT molecular complexity index is 3060. The molecule has 0 saturated carbocycles. The molecular weight excluding hydrogens is 651 g/mol. The number of aromatic nitrogens is 5. The minimum atomic E-state index is 0.740. The zero-order valence-corrected chi connectivity index (χ0v) is 29.9. The van der Waals surface area contributed by atoms with E-state index in [0.717, 1.165) is 89.1 Å². The Morgan fingerprint density at radius 3 is 2.04 bits per heavy atom. The molecule has 53 heavy (non-hydrogen) atoms. The molecule has 6 heteroatoms. The minimum absolute atomic E-state index is 0.740.